The number of fused-ring (bicyclic) bond motifs is 2. The van der Waals surface area contributed by atoms with Gasteiger partial charge in [-0.05, 0) is 42.0 Å². The quantitative estimate of drug-likeness (QED) is 0.402. The highest BCUT2D eigenvalue weighted by molar-refractivity contribution is 7.15. The highest BCUT2D eigenvalue weighted by atomic mass is 32.1. The topological polar surface area (TPSA) is 82.2 Å². The molecule has 0 aliphatic carbocycles. The number of aromatic nitrogens is 5. The van der Waals surface area contributed by atoms with Crippen molar-refractivity contribution in [2.24, 2.45) is 0 Å². The van der Waals surface area contributed by atoms with E-state index in [2.05, 4.69) is 34.3 Å². The molecule has 0 saturated heterocycles. The Balaban J connectivity index is 1.60. The van der Waals surface area contributed by atoms with Gasteiger partial charge >= 0.3 is 0 Å². The van der Waals surface area contributed by atoms with Crippen molar-refractivity contribution in [3.8, 4) is 16.9 Å². The predicted octanol–water partition coefficient (Wildman–Crippen LogP) is 3.37. The Labute approximate surface area is 196 Å². The summed E-state index contributed by atoms with van der Waals surface area (Å²) in [7, 11) is 0. The van der Waals surface area contributed by atoms with Crippen molar-refractivity contribution in [3.05, 3.63) is 115 Å². The Morgan fingerprint density at radius 2 is 1.65 bits per heavy atom. The van der Waals surface area contributed by atoms with E-state index in [1.54, 1.807) is 17.7 Å². The molecule has 3 aromatic heterocycles. The molecule has 164 valence electrons. The molecule has 0 amide bonds. The van der Waals surface area contributed by atoms with E-state index < -0.39 is 5.56 Å². The van der Waals surface area contributed by atoms with Crippen LogP contribution in [-0.2, 0) is 0 Å². The van der Waals surface area contributed by atoms with Crippen LogP contribution in [0.4, 0.5) is 0 Å². The van der Waals surface area contributed by atoms with Crippen molar-refractivity contribution < 1.29 is 0 Å². The summed E-state index contributed by atoms with van der Waals surface area (Å²) in [5.41, 5.74) is 2.82. The smallest absolute Gasteiger partial charge is 0.266 e. The maximum Gasteiger partial charge on any atom is 0.295 e. The van der Waals surface area contributed by atoms with Gasteiger partial charge in [-0.25, -0.2) is 4.68 Å². The minimum atomic E-state index is -0.429. The molecule has 3 aromatic carbocycles. The molecule has 34 heavy (non-hydrogen) atoms. The van der Waals surface area contributed by atoms with Crippen molar-refractivity contribution >= 4 is 33.1 Å². The molecule has 0 atom stereocenters. The fourth-order valence-corrected chi connectivity index (χ4v) is 4.79. The average molecular weight is 464 g/mol. The Morgan fingerprint density at radius 3 is 2.47 bits per heavy atom. The lowest BCUT2D eigenvalue weighted by atomic mass is 10.0. The molecule has 3 heterocycles. The zero-order chi connectivity index (χ0) is 23.2. The van der Waals surface area contributed by atoms with Gasteiger partial charge in [0.15, 0.2) is 0 Å². The van der Waals surface area contributed by atoms with E-state index in [0.29, 0.717) is 4.53 Å². The summed E-state index contributed by atoms with van der Waals surface area (Å²) in [6.45, 7) is 1.55. The van der Waals surface area contributed by atoms with E-state index in [-0.39, 0.29) is 16.2 Å². The number of aryl methyl sites for hydroxylation is 1. The van der Waals surface area contributed by atoms with Crippen LogP contribution in [0.2, 0.25) is 0 Å². The maximum absolute atomic E-state index is 13.0. The zero-order valence-corrected chi connectivity index (χ0v) is 18.9. The van der Waals surface area contributed by atoms with Gasteiger partial charge in [-0.15, -0.1) is 0 Å². The Kier molecular flexibility index (Phi) is 4.67. The summed E-state index contributed by atoms with van der Waals surface area (Å²) in [5.74, 6) is 0. The fraction of sp³-hybridized carbons (Fsp3) is 0.0385. The van der Waals surface area contributed by atoms with Crippen molar-refractivity contribution in [2.45, 2.75) is 6.92 Å². The normalized spacial score (nSPS) is 12.1. The highest BCUT2D eigenvalue weighted by Gasteiger charge is 2.14. The Morgan fingerprint density at radius 1 is 0.882 bits per heavy atom. The molecule has 7 nitrogen and oxygen atoms in total. The molecular formula is C26H17N5O2S. The SMILES string of the molecule is Cc1nn2c(=O)c(=Cc3cn(-c4ccccc4)nc3-c3ccc4ccccc4c3)sc2nc1=O. The molecule has 0 bridgehead atoms. The standard InChI is InChI=1S/C26H17N5O2S/c1-16-24(32)27-26-31(28-16)25(33)22(34-26)14-20-15-30(21-9-3-2-4-10-21)29-23(20)19-12-11-17-7-5-6-8-18(17)13-19/h2-15H,1H3. The van der Waals surface area contributed by atoms with Crippen molar-refractivity contribution in [2.75, 3.05) is 0 Å². The first-order chi connectivity index (χ1) is 16.6. The molecule has 0 radical (unpaired) electrons. The van der Waals surface area contributed by atoms with Crippen molar-refractivity contribution in [1.82, 2.24) is 24.4 Å². The molecule has 6 aromatic rings. The van der Waals surface area contributed by atoms with Crippen molar-refractivity contribution in [3.63, 3.8) is 0 Å². The molecule has 0 saturated carbocycles. The Hall–Kier alpha value is -4.43. The molecule has 0 aliphatic rings. The number of benzene rings is 3. The molecule has 0 spiro atoms. The summed E-state index contributed by atoms with van der Waals surface area (Å²) in [6, 6.07) is 24.2. The van der Waals surface area contributed by atoms with Crippen LogP contribution in [0.1, 0.15) is 11.3 Å². The third kappa shape index (κ3) is 3.41. The second-order valence-electron chi connectivity index (χ2n) is 7.89. The average Bonchev–Trinajstić information content (AvgIpc) is 3.41. The minimum Gasteiger partial charge on any atom is -0.266 e. The van der Waals surface area contributed by atoms with E-state index in [1.165, 1.54) is 4.52 Å². The number of rotatable bonds is 3. The van der Waals surface area contributed by atoms with Crippen molar-refractivity contribution in [1.29, 1.82) is 0 Å². The zero-order valence-electron chi connectivity index (χ0n) is 18.0. The van der Waals surface area contributed by atoms with Gasteiger partial charge in [0.25, 0.3) is 11.1 Å². The molecule has 0 aliphatic heterocycles. The first-order valence-electron chi connectivity index (χ1n) is 10.6. The molecule has 8 heteroatoms. The molecule has 0 N–H and O–H groups in total. The van der Waals surface area contributed by atoms with Gasteiger partial charge < -0.3 is 0 Å². The minimum absolute atomic E-state index is 0.188. The maximum atomic E-state index is 13.0. The van der Waals surface area contributed by atoms with Gasteiger partial charge in [0, 0.05) is 17.3 Å². The lowest BCUT2D eigenvalue weighted by molar-refractivity contribution is 0.833. The number of para-hydroxylation sites is 1. The lowest BCUT2D eigenvalue weighted by Crippen LogP contribution is -2.27. The number of hydrogen-bond acceptors (Lipinski definition) is 6. The van der Waals surface area contributed by atoms with Crippen LogP contribution in [0.3, 0.4) is 0 Å². The molecule has 0 unspecified atom stereocenters. The third-order valence-corrected chi connectivity index (χ3v) is 6.57. The van der Waals surface area contributed by atoms with Gasteiger partial charge in [-0.2, -0.15) is 19.7 Å². The first kappa shape index (κ1) is 20.2. The second-order valence-corrected chi connectivity index (χ2v) is 8.90. The van der Waals surface area contributed by atoms with E-state index in [0.717, 1.165) is 44.6 Å². The van der Waals surface area contributed by atoms with Crippen LogP contribution in [0.25, 0.3) is 38.8 Å². The Bertz CT molecular complexity index is 1870. The fourth-order valence-electron chi connectivity index (χ4n) is 3.89. The van der Waals surface area contributed by atoms with Crippen LogP contribution in [-0.4, -0.2) is 24.4 Å². The second kappa shape index (κ2) is 7.86. The lowest BCUT2D eigenvalue weighted by Gasteiger charge is -2.03. The molecular weight excluding hydrogens is 446 g/mol. The van der Waals surface area contributed by atoms with Crippen LogP contribution in [0.15, 0.2) is 88.6 Å². The summed E-state index contributed by atoms with van der Waals surface area (Å²) < 4.78 is 3.42. The van der Waals surface area contributed by atoms with Crippen LogP contribution in [0.5, 0.6) is 0 Å². The molecule has 0 fully saturated rings. The van der Waals surface area contributed by atoms with Gasteiger partial charge in [-0.3, -0.25) is 9.59 Å². The predicted molar refractivity (Wildman–Crippen MR) is 133 cm³/mol. The number of nitrogens with zero attached hydrogens (tertiary/aromatic N) is 5. The summed E-state index contributed by atoms with van der Waals surface area (Å²) in [6.07, 6.45) is 3.69. The monoisotopic (exact) mass is 463 g/mol. The van der Waals surface area contributed by atoms with E-state index in [9.17, 15) is 9.59 Å². The van der Waals surface area contributed by atoms with Crippen LogP contribution >= 0.6 is 11.3 Å². The van der Waals surface area contributed by atoms with Gasteiger partial charge in [0.05, 0.1) is 10.2 Å². The van der Waals surface area contributed by atoms with Gasteiger partial charge in [-0.1, -0.05) is 65.9 Å². The summed E-state index contributed by atoms with van der Waals surface area (Å²) in [5, 5.41) is 11.2. The largest absolute Gasteiger partial charge is 0.295 e. The van der Waals surface area contributed by atoms with E-state index >= 15 is 0 Å². The third-order valence-electron chi connectivity index (χ3n) is 5.62. The van der Waals surface area contributed by atoms with Crippen LogP contribution in [0, 0.1) is 6.92 Å². The first-order valence-corrected chi connectivity index (χ1v) is 11.4. The highest BCUT2D eigenvalue weighted by Crippen LogP contribution is 2.27. The van der Waals surface area contributed by atoms with E-state index in [4.69, 9.17) is 5.10 Å². The van der Waals surface area contributed by atoms with Gasteiger partial charge in [0.1, 0.15) is 11.4 Å². The summed E-state index contributed by atoms with van der Waals surface area (Å²) >= 11 is 1.14. The number of hydrogen-bond donors (Lipinski definition) is 0. The van der Waals surface area contributed by atoms with Gasteiger partial charge in [0.2, 0.25) is 4.96 Å². The van der Waals surface area contributed by atoms with E-state index in [1.807, 2.05) is 54.7 Å². The molecule has 6 rings (SSSR count). The summed E-state index contributed by atoms with van der Waals surface area (Å²) in [4.78, 5) is 29.2. The van der Waals surface area contributed by atoms with Crippen LogP contribution < -0.4 is 15.7 Å². The number of thiazole rings is 1.